The van der Waals surface area contributed by atoms with Crippen molar-refractivity contribution in [2.24, 2.45) is 0 Å². The molecule has 0 atom stereocenters. The Labute approximate surface area is 132 Å². The molecule has 0 amide bonds. The molecule has 110 valence electrons. The lowest BCUT2D eigenvalue weighted by atomic mass is 10.3. The lowest BCUT2D eigenvalue weighted by molar-refractivity contribution is 0.267. The van der Waals surface area contributed by atoms with E-state index in [1.165, 1.54) is 4.88 Å². The first-order valence-electron chi connectivity index (χ1n) is 6.62. The Morgan fingerprint density at radius 2 is 2.20 bits per heavy atom. The normalized spacial score (nSPS) is 11.7. The van der Waals surface area contributed by atoms with Crippen LogP contribution in [0.2, 0.25) is 0 Å². The van der Waals surface area contributed by atoms with E-state index in [9.17, 15) is 0 Å². The molecule has 6 heteroatoms. The van der Waals surface area contributed by atoms with E-state index in [0.29, 0.717) is 6.04 Å². The van der Waals surface area contributed by atoms with Crippen molar-refractivity contribution in [1.82, 2.24) is 15.4 Å². The van der Waals surface area contributed by atoms with Gasteiger partial charge in [0.05, 0.1) is 12.2 Å². The summed E-state index contributed by atoms with van der Waals surface area (Å²) in [4.78, 5) is 3.55. The number of hydrogen-bond acceptors (Lipinski definition) is 5. The van der Waals surface area contributed by atoms with Gasteiger partial charge in [-0.25, -0.2) is 0 Å². The van der Waals surface area contributed by atoms with Gasteiger partial charge in [-0.3, -0.25) is 4.90 Å². The molecule has 0 saturated heterocycles. The molecule has 2 aromatic heterocycles. The minimum atomic E-state index is 0.454. The van der Waals surface area contributed by atoms with Crippen molar-refractivity contribution < 1.29 is 4.52 Å². The highest BCUT2D eigenvalue weighted by atomic mass is 79.9. The summed E-state index contributed by atoms with van der Waals surface area (Å²) in [6.07, 6.45) is 0. The largest absolute Gasteiger partial charge is 0.360 e. The Hall–Kier alpha value is -0.690. The van der Waals surface area contributed by atoms with Crippen LogP contribution in [0.25, 0.3) is 0 Å². The van der Waals surface area contributed by atoms with E-state index in [2.05, 4.69) is 63.6 Å². The van der Waals surface area contributed by atoms with Crippen LogP contribution in [0, 0.1) is 0 Å². The molecule has 1 N–H and O–H groups in total. The topological polar surface area (TPSA) is 41.3 Å². The van der Waals surface area contributed by atoms with Crippen molar-refractivity contribution in [2.75, 3.05) is 7.05 Å². The summed E-state index contributed by atoms with van der Waals surface area (Å²) in [6.45, 7) is 6.67. The molecule has 2 rings (SSSR count). The highest BCUT2D eigenvalue weighted by Crippen LogP contribution is 2.21. The van der Waals surface area contributed by atoms with E-state index in [-0.39, 0.29) is 0 Å². The van der Waals surface area contributed by atoms with Crippen LogP contribution in [0.15, 0.2) is 26.5 Å². The predicted molar refractivity (Wildman–Crippen MR) is 85.7 cm³/mol. The Kier molecular flexibility index (Phi) is 5.77. The Bertz CT molecular complexity index is 538. The average Bonchev–Trinajstić information content (AvgIpc) is 2.96. The fourth-order valence-corrected chi connectivity index (χ4v) is 3.38. The first-order valence-corrected chi connectivity index (χ1v) is 8.29. The maximum Gasteiger partial charge on any atom is 0.151 e. The fraction of sp³-hybridized carbons (Fsp3) is 0.500. The van der Waals surface area contributed by atoms with Gasteiger partial charge in [0, 0.05) is 39.9 Å². The Morgan fingerprint density at radius 1 is 1.40 bits per heavy atom. The molecule has 2 aromatic rings. The first kappa shape index (κ1) is 15.7. The lowest BCUT2D eigenvalue weighted by Crippen LogP contribution is -2.21. The molecular formula is C14H20BrN3OS. The predicted octanol–water partition coefficient (Wildman–Crippen LogP) is 3.63. The van der Waals surface area contributed by atoms with Crippen LogP contribution < -0.4 is 5.32 Å². The minimum absolute atomic E-state index is 0.454. The minimum Gasteiger partial charge on any atom is -0.360 e. The van der Waals surface area contributed by atoms with Crippen molar-refractivity contribution in [2.45, 2.75) is 39.5 Å². The highest BCUT2D eigenvalue weighted by molar-refractivity contribution is 9.10. The van der Waals surface area contributed by atoms with Crippen LogP contribution in [0.4, 0.5) is 0 Å². The van der Waals surface area contributed by atoms with Gasteiger partial charge in [-0.15, -0.1) is 11.3 Å². The third-order valence-electron chi connectivity index (χ3n) is 2.77. The van der Waals surface area contributed by atoms with E-state index in [1.807, 2.05) is 6.07 Å². The van der Waals surface area contributed by atoms with Gasteiger partial charge in [-0.2, -0.15) is 0 Å². The summed E-state index contributed by atoms with van der Waals surface area (Å²) in [6, 6.07) is 4.63. The number of halogens is 1. The standard InChI is InChI=1S/C14H20BrN3OS/c1-10(2)16-6-12-5-13(19-17-12)7-18(3)8-14-4-11(15)9-20-14/h4-5,9-10,16H,6-8H2,1-3H3. The molecule has 0 fully saturated rings. The smallest absolute Gasteiger partial charge is 0.151 e. The fourth-order valence-electron chi connectivity index (χ4n) is 1.85. The lowest BCUT2D eigenvalue weighted by Gasteiger charge is -2.12. The maximum absolute atomic E-state index is 5.37. The molecular weight excluding hydrogens is 338 g/mol. The number of hydrogen-bond donors (Lipinski definition) is 1. The molecule has 0 aliphatic rings. The SMILES string of the molecule is CC(C)NCc1cc(CN(C)Cc2cc(Br)cs2)on1. The van der Waals surface area contributed by atoms with Crippen LogP contribution in [0.5, 0.6) is 0 Å². The number of nitrogens with one attached hydrogen (secondary N) is 1. The van der Waals surface area contributed by atoms with E-state index in [1.54, 1.807) is 11.3 Å². The Balaban J connectivity index is 1.83. The van der Waals surface area contributed by atoms with Crippen LogP contribution in [-0.4, -0.2) is 23.1 Å². The van der Waals surface area contributed by atoms with Crippen molar-refractivity contribution in [3.8, 4) is 0 Å². The summed E-state index contributed by atoms with van der Waals surface area (Å²) in [5.41, 5.74) is 0.959. The van der Waals surface area contributed by atoms with Crippen LogP contribution in [0.3, 0.4) is 0 Å². The van der Waals surface area contributed by atoms with Gasteiger partial charge in [0.1, 0.15) is 0 Å². The van der Waals surface area contributed by atoms with E-state index < -0.39 is 0 Å². The van der Waals surface area contributed by atoms with Gasteiger partial charge in [0.25, 0.3) is 0 Å². The summed E-state index contributed by atoms with van der Waals surface area (Å²) >= 11 is 5.24. The first-order chi connectivity index (χ1) is 9.52. The van der Waals surface area contributed by atoms with Gasteiger partial charge in [-0.1, -0.05) is 19.0 Å². The number of rotatable bonds is 7. The molecule has 4 nitrogen and oxygen atoms in total. The quantitative estimate of drug-likeness (QED) is 0.821. The summed E-state index contributed by atoms with van der Waals surface area (Å²) in [5.74, 6) is 0.906. The second-order valence-corrected chi connectivity index (χ2v) is 7.14. The molecule has 0 bridgehead atoms. The zero-order valence-corrected chi connectivity index (χ0v) is 14.4. The zero-order chi connectivity index (χ0) is 14.5. The molecule has 0 unspecified atom stereocenters. The molecule has 0 aliphatic heterocycles. The number of thiophene rings is 1. The monoisotopic (exact) mass is 357 g/mol. The molecule has 0 aromatic carbocycles. The third-order valence-corrected chi connectivity index (χ3v) is 4.45. The van der Waals surface area contributed by atoms with Gasteiger partial charge < -0.3 is 9.84 Å². The van der Waals surface area contributed by atoms with Crippen molar-refractivity contribution in [3.63, 3.8) is 0 Å². The molecule has 0 radical (unpaired) electrons. The zero-order valence-electron chi connectivity index (χ0n) is 12.0. The number of aromatic nitrogens is 1. The van der Waals surface area contributed by atoms with Crippen molar-refractivity contribution >= 4 is 27.3 Å². The van der Waals surface area contributed by atoms with Crippen LogP contribution in [-0.2, 0) is 19.6 Å². The van der Waals surface area contributed by atoms with Crippen LogP contribution in [0.1, 0.15) is 30.2 Å². The van der Waals surface area contributed by atoms with Crippen molar-refractivity contribution in [1.29, 1.82) is 0 Å². The second-order valence-electron chi connectivity index (χ2n) is 5.22. The van der Waals surface area contributed by atoms with Gasteiger partial charge >= 0.3 is 0 Å². The highest BCUT2D eigenvalue weighted by Gasteiger charge is 2.09. The Morgan fingerprint density at radius 3 is 2.85 bits per heavy atom. The molecule has 20 heavy (non-hydrogen) atoms. The van der Waals surface area contributed by atoms with Crippen molar-refractivity contribution in [3.05, 3.63) is 38.3 Å². The molecule has 0 saturated carbocycles. The van der Waals surface area contributed by atoms with Crippen LogP contribution >= 0.6 is 27.3 Å². The number of nitrogens with zero attached hydrogens (tertiary/aromatic N) is 2. The van der Waals surface area contributed by atoms with Gasteiger partial charge in [0.15, 0.2) is 5.76 Å². The third kappa shape index (κ3) is 5.01. The van der Waals surface area contributed by atoms with E-state index in [0.717, 1.165) is 35.6 Å². The van der Waals surface area contributed by atoms with Gasteiger partial charge in [-0.05, 0) is 29.0 Å². The second kappa shape index (κ2) is 7.36. The summed E-state index contributed by atoms with van der Waals surface area (Å²) < 4.78 is 6.52. The average molecular weight is 358 g/mol. The van der Waals surface area contributed by atoms with Gasteiger partial charge in [0.2, 0.25) is 0 Å². The maximum atomic E-state index is 5.37. The van der Waals surface area contributed by atoms with E-state index in [4.69, 9.17) is 4.52 Å². The molecule has 0 spiro atoms. The summed E-state index contributed by atoms with van der Waals surface area (Å²) in [5, 5.41) is 9.52. The summed E-state index contributed by atoms with van der Waals surface area (Å²) in [7, 11) is 2.09. The molecule has 0 aliphatic carbocycles. The van der Waals surface area contributed by atoms with E-state index >= 15 is 0 Å². The molecule has 2 heterocycles.